The number of carbonyl (C=O) groups excluding carboxylic acids is 1. The van der Waals surface area contributed by atoms with Crippen LogP contribution in [0.25, 0.3) is 0 Å². The van der Waals surface area contributed by atoms with Gasteiger partial charge < -0.3 is 4.74 Å². The number of aryl methyl sites for hydroxylation is 2. The van der Waals surface area contributed by atoms with Crippen LogP contribution in [-0.2, 0) is 0 Å². The van der Waals surface area contributed by atoms with Crippen LogP contribution in [0.15, 0.2) is 30.3 Å². The Kier molecular flexibility index (Phi) is 3.29. The summed E-state index contributed by atoms with van der Waals surface area (Å²) in [6.45, 7) is 3.98. The molecule has 0 spiro atoms. The van der Waals surface area contributed by atoms with Crippen LogP contribution in [0.5, 0.6) is 5.75 Å². The number of rotatable bonds is 3. The summed E-state index contributed by atoms with van der Waals surface area (Å²) in [5, 5.41) is 0. The monoisotopic (exact) mass is 246 g/mol. The van der Waals surface area contributed by atoms with Crippen molar-refractivity contribution in [1.82, 2.24) is 0 Å². The van der Waals surface area contributed by atoms with E-state index < -0.39 is 0 Å². The zero-order valence-electron chi connectivity index (χ0n) is 10.1. The molecule has 0 saturated carbocycles. The zero-order valence-corrected chi connectivity index (χ0v) is 10.9. The van der Waals surface area contributed by atoms with E-state index in [1.807, 2.05) is 38.1 Å². The van der Waals surface area contributed by atoms with Gasteiger partial charge in [-0.05, 0) is 32.0 Å². The third-order valence-electron chi connectivity index (χ3n) is 2.64. The van der Waals surface area contributed by atoms with Crippen molar-refractivity contribution in [2.24, 2.45) is 0 Å². The lowest BCUT2D eigenvalue weighted by Gasteiger charge is -2.06. The third-order valence-corrected chi connectivity index (χ3v) is 3.60. The van der Waals surface area contributed by atoms with Crippen molar-refractivity contribution in [3.8, 4) is 5.75 Å². The molecule has 1 aromatic carbocycles. The molecule has 0 fully saturated rings. The van der Waals surface area contributed by atoms with Crippen LogP contribution in [0.1, 0.15) is 25.7 Å². The molecule has 2 rings (SSSR count). The first-order valence-corrected chi connectivity index (χ1v) is 6.20. The van der Waals surface area contributed by atoms with Gasteiger partial charge in [0.05, 0.1) is 12.7 Å². The highest BCUT2D eigenvalue weighted by Crippen LogP contribution is 2.26. The largest absolute Gasteiger partial charge is 0.496 e. The van der Waals surface area contributed by atoms with Crippen molar-refractivity contribution in [3.05, 3.63) is 51.2 Å². The summed E-state index contributed by atoms with van der Waals surface area (Å²) in [7, 11) is 1.58. The third kappa shape index (κ3) is 2.24. The maximum Gasteiger partial charge on any atom is 0.197 e. The number of ketones is 1. The number of hydrogen-bond acceptors (Lipinski definition) is 3. The summed E-state index contributed by atoms with van der Waals surface area (Å²) in [5.74, 6) is 0.657. The molecule has 0 saturated heterocycles. The molecule has 0 N–H and O–H groups in total. The van der Waals surface area contributed by atoms with E-state index in [1.54, 1.807) is 24.5 Å². The number of para-hydroxylation sites is 1. The van der Waals surface area contributed by atoms with Crippen LogP contribution in [0.3, 0.4) is 0 Å². The fourth-order valence-electron chi connectivity index (χ4n) is 1.83. The lowest BCUT2D eigenvalue weighted by Crippen LogP contribution is -2.03. The van der Waals surface area contributed by atoms with Gasteiger partial charge in [0.15, 0.2) is 5.78 Å². The summed E-state index contributed by atoms with van der Waals surface area (Å²) >= 11 is 1.64. The summed E-state index contributed by atoms with van der Waals surface area (Å²) in [6.07, 6.45) is 0. The maximum atomic E-state index is 12.4. The van der Waals surface area contributed by atoms with Crippen LogP contribution in [-0.4, -0.2) is 12.9 Å². The highest BCUT2D eigenvalue weighted by atomic mass is 32.1. The molecule has 0 amide bonds. The Hall–Kier alpha value is -1.61. The second-order valence-electron chi connectivity index (χ2n) is 3.86. The molecule has 0 aliphatic heterocycles. The lowest BCUT2D eigenvalue weighted by molar-refractivity contribution is 0.103. The Balaban J connectivity index is 2.47. The predicted octanol–water partition coefficient (Wildman–Crippen LogP) is 3.60. The van der Waals surface area contributed by atoms with Crippen LogP contribution >= 0.6 is 11.3 Å². The molecule has 1 aromatic heterocycles. The lowest BCUT2D eigenvalue weighted by atomic mass is 10.0. The molecule has 2 nitrogen and oxygen atoms in total. The van der Waals surface area contributed by atoms with Gasteiger partial charge in [-0.1, -0.05) is 12.1 Å². The van der Waals surface area contributed by atoms with Gasteiger partial charge in [0, 0.05) is 15.3 Å². The molecule has 1 heterocycles. The van der Waals surface area contributed by atoms with E-state index in [9.17, 15) is 4.79 Å². The fraction of sp³-hybridized carbons (Fsp3) is 0.214. The summed E-state index contributed by atoms with van der Waals surface area (Å²) in [6, 6.07) is 9.26. The SMILES string of the molecule is COc1ccccc1C(=O)c1cc(C)sc1C. The number of hydrogen-bond donors (Lipinski definition) is 0. The highest BCUT2D eigenvalue weighted by Gasteiger charge is 2.17. The Morgan fingerprint density at radius 1 is 1.18 bits per heavy atom. The molecule has 88 valence electrons. The highest BCUT2D eigenvalue weighted by molar-refractivity contribution is 7.12. The van der Waals surface area contributed by atoms with Crippen LogP contribution in [0, 0.1) is 13.8 Å². The Morgan fingerprint density at radius 2 is 1.88 bits per heavy atom. The van der Waals surface area contributed by atoms with Crippen LogP contribution in [0.4, 0.5) is 0 Å². The number of carbonyl (C=O) groups is 1. The van der Waals surface area contributed by atoms with Crippen LogP contribution < -0.4 is 4.74 Å². The Bertz CT molecular complexity index is 555. The molecule has 0 unspecified atom stereocenters. The fourth-order valence-corrected chi connectivity index (χ4v) is 2.75. The molecular weight excluding hydrogens is 232 g/mol. The van der Waals surface area contributed by atoms with Crippen molar-refractivity contribution in [2.75, 3.05) is 7.11 Å². The molecule has 0 aliphatic carbocycles. The first-order chi connectivity index (χ1) is 8.13. The quantitative estimate of drug-likeness (QED) is 0.773. The van der Waals surface area contributed by atoms with Crippen molar-refractivity contribution < 1.29 is 9.53 Å². The second kappa shape index (κ2) is 4.72. The molecule has 0 radical (unpaired) electrons. The van der Waals surface area contributed by atoms with Gasteiger partial charge in [-0.3, -0.25) is 4.79 Å². The van der Waals surface area contributed by atoms with E-state index in [1.165, 1.54) is 0 Å². The van der Waals surface area contributed by atoms with E-state index in [4.69, 9.17) is 4.74 Å². The molecule has 3 heteroatoms. The average Bonchev–Trinajstić information content (AvgIpc) is 2.67. The van der Waals surface area contributed by atoms with Crippen molar-refractivity contribution >= 4 is 17.1 Å². The van der Waals surface area contributed by atoms with Gasteiger partial charge in [0.25, 0.3) is 0 Å². The normalized spacial score (nSPS) is 10.3. The Morgan fingerprint density at radius 3 is 2.47 bits per heavy atom. The number of benzene rings is 1. The van der Waals surface area contributed by atoms with E-state index in [-0.39, 0.29) is 5.78 Å². The molecule has 0 aliphatic rings. The average molecular weight is 246 g/mol. The van der Waals surface area contributed by atoms with Crippen molar-refractivity contribution in [2.45, 2.75) is 13.8 Å². The van der Waals surface area contributed by atoms with E-state index in [0.29, 0.717) is 11.3 Å². The van der Waals surface area contributed by atoms with E-state index in [0.717, 1.165) is 15.3 Å². The van der Waals surface area contributed by atoms with E-state index in [2.05, 4.69) is 0 Å². The molecule has 0 atom stereocenters. The summed E-state index contributed by atoms with van der Waals surface area (Å²) in [4.78, 5) is 14.6. The molecule has 0 bridgehead atoms. The minimum Gasteiger partial charge on any atom is -0.496 e. The van der Waals surface area contributed by atoms with Gasteiger partial charge in [0.1, 0.15) is 5.75 Å². The second-order valence-corrected chi connectivity index (χ2v) is 5.32. The van der Waals surface area contributed by atoms with Gasteiger partial charge in [-0.25, -0.2) is 0 Å². The predicted molar refractivity (Wildman–Crippen MR) is 70.2 cm³/mol. The summed E-state index contributed by atoms with van der Waals surface area (Å²) < 4.78 is 5.22. The number of methoxy groups -OCH3 is 1. The minimum absolute atomic E-state index is 0.0318. The minimum atomic E-state index is 0.0318. The van der Waals surface area contributed by atoms with Crippen molar-refractivity contribution in [3.63, 3.8) is 0 Å². The molecule has 17 heavy (non-hydrogen) atoms. The molecule has 2 aromatic rings. The molecular formula is C14H14O2S. The van der Waals surface area contributed by atoms with E-state index >= 15 is 0 Å². The van der Waals surface area contributed by atoms with Gasteiger partial charge in [0.2, 0.25) is 0 Å². The first-order valence-electron chi connectivity index (χ1n) is 5.38. The summed E-state index contributed by atoms with van der Waals surface area (Å²) in [5.41, 5.74) is 1.40. The topological polar surface area (TPSA) is 26.3 Å². The zero-order chi connectivity index (χ0) is 12.4. The van der Waals surface area contributed by atoms with Crippen molar-refractivity contribution in [1.29, 1.82) is 0 Å². The van der Waals surface area contributed by atoms with Gasteiger partial charge in [-0.2, -0.15) is 0 Å². The number of thiophene rings is 1. The smallest absolute Gasteiger partial charge is 0.197 e. The van der Waals surface area contributed by atoms with Crippen LogP contribution in [0.2, 0.25) is 0 Å². The van der Waals surface area contributed by atoms with Gasteiger partial charge in [-0.15, -0.1) is 11.3 Å². The standard InChI is InChI=1S/C14H14O2S/c1-9-8-12(10(2)17-9)14(15)11-6-4-5-7-13(11)16-3/h4-8H,1-3H3. The van der Waals surface area contributed by atoms with Gasteiger partial charge >= 0.3 is 0 Å². The Labute approximate surface area is 105 Å². The first kappa shape index (κ1) is 11.9. The maximum absolute atomic E-state index is 12.4. The number of ether oxygens (including phenoxy) is 1.